The quantitative estimate of drug-likeness (QED) is 0.741. The van der Waals surface area contributed by atoms with Crippen molar-refractivity contribution in [2.45, 2.75) is 51.5 Å². The minimum absolute atomic E-state index is 0.434. The summed E-state index contributed by atoms with van der Waals surface area (Å²) in [6.07, 6.45) is 7.98. The summed E-state index contributed by atoms with van der Waals surface area (Å²) in [6, 6.07) is 6.73. The molecule has 0 heterocycles. The largest absolute Gasteiger partial charge is 0.389 e. The van der Waals surface area contributed by atoms with Crippen LogP contribution in [-0.2, 0) is 0 Å². The van der Waals surface area contributed by atoms with Crippen molar-refractivity contribution < 1.29 is 0 Å². The number of anilines is 1. The lowest BCUT2D eigenvalue weighted by molar-refractivity contribution is 0.319. The van der Waals surface area contributed by atoms with Gasteiger partial charge in [0.15, 0.2) is 0 Å². The van der Waals surface area contributed by atoms with Gasteiger partial charge in [0, 0.05) is 21.8 Å². The fourth-order valence-corrected chi connectivity index (χ4v) is 3.95. The van der Waals surface area contributed by atoms with Crippen molar-refractivity contribution in [1.29, 1.82) is 0 Å². The second kappa shape index (κ2) is 7.41. The van der Waals surface area contributed by atoms with E-state index in [2.05, 4.69) is 40.3 Å². The molecule has 0 aliphatic heterocycles. The highest BCUT2D eigenvalue weighted by atomic mass is 79.9. The molecular formula is C16H23BrN2S. The van der Waals surface area contributed by atoms with Crippen LogP contribution < -0.4 is 11.1 Å². The van der Waals surface area contributed by atoms with Gasteiger partial charge in [0.1, 0.15) is 4.99 Å². The molecule has 0 radical (unpaired) electrons. The molecule has 1 aliphatic rings. The number of hydrogen-bond donors (Lipinski definition) is 2. The van der Waals surface area contributed by atoms with Crippen LogP contribution in [-0.4, -0.2) is 11.0 Å². The Kier molecular flexibility index (Phi) is 5.85. The molecule has 0 spiro atoms. The van der Waals surface area contributed by atoms with Crippen LogP contribution in [0.2, 0.25) is 0 Å². The molecule has 0 unspecified atom stereocenters. The van der Waals surface area contributed by atoms with Crippen LogP contribution in [0.15, 0.2) is 22.7 Å². The van der Waals surface area contributed by atoms with Gasteiger partial charge in [-0.15, -0.1) is 0 Å². The third kappa shape index (κ3) is 4.19. The van der Waals surface area contributed by atoms with Crippen molar-refractivity contribution in [3.05, 3.63) is 28.2 Å². The lowest BCUT2D eigenvalue weighted by Gasteiger charge is -2.29. The summed E-state index contributed by atoms with van der Waals surface area (Å²) < 4.78 is 0.967. The zero-order chi connectivity index (χ0) is 14.5. The Balaban J connectivity index is 1.91. The van der Waals surface area contributed by atoms with E-state index in [0.29, 0.717) is 11.0 Å². The van der Waals surface area contributed by atoms with Gasteiger partial charge in [-0.2, -0.15) is 0 Å². The molecule has 0 atom stereocenters. The Bertz CT molecular complexity index is 468. The highest BCUT2D eigenvalue weighted by Crippen LogP contribution is 2.30. The van der Waals surface area contributed by atoms with Crippen LogP contribution in [0, 0.1) is 5.92 Å². The van der Waals surface area contributed by atoms with Crippen molar-refractivity contribution in [1.82, 2.24) is 0 Å². The van der Waals surface area contributed by atoms with Crippen LogP contribution >= 0.6 is 28.1 Å². The molecule has 2 nitrogen and oxygen atoms in total. The number of halogens is 1. The molecule has 1 aromatic rings. The van der Waals surface area contributed by atoms with Crippen molar-refractivity contribution in [2.24, 2.45) is 11.7 Å². The van der Waals surface area contributed by atoms with E-state index in [1.807, 2.05) is 6.07 Å². The second-order valence-electron chi connectivity index (χ2n) is 5.71. The molecule has 3 N–H and O–H groups in total. The zero-order valence-electron chi connectivity index (χ0n) is 12.0. The predicted octanol–water partition coefficient (Wildman–Crippen LogP) is 4.85. The number of thiocarbonyl (C=S) groups is 1. The van der Waals surface area contributed by atoms with Crippen molar-refractivity contribution in [3.63, 3.8) is 0 Å². The van der Waals surface area contributed by atoms with Crippen LogP contribution in [0.1, 0.15) is 51.0 Å². The van der Waals surface area contributed by atoms with E-state index in [-0.39, 0.29) is 0 Å². The molecule has 0 amide bonds. The first-order valence-corrected chi connectivity index (χ1v) is 8.66. The van der Waals surface area contributed by atoms with E-state index in [1.54, 1.807) is 0 Å². The molecule has 110 valence electrons. The molecule has 0 saturated heterocycles. The molecule has 1 saturated carbocycles. The molecule has 1 aromatic carbocycles. The van der Waals surface area contributed by atoms with Gasteiger partial charge in [-0.1, -0.05) is 32.0 Å². The number of rotatable bonds is 5. The van der Waals surface area contributed by atoms with Gasteiger partial charge in [-0.3, -0.25) is 0 Å². The first kappa shape index (κ1) is 15.8. The summed E-state index contributed by atoms with van der Waals surface area (Å²) in [6.45, 7) is 2.28. The normalized spacial score (nSPS) is 22.5. The Morgan fingerprint density at radius 3 is 2.60 bits per heavy atom. The van der Waals surface area contributed by atoms with Gasteiger partial charge in [0.25, 0.3) is 0 Å². The smallest absolute Gasteiger partial charge is 0.105 e. The average molecular weight is 355 g/mol. The van der Waals surface area contributed by atoms with Gasteiger partial charge < -0.3 is 11.1 Å². The monoisotopic (exact) mass is 354 g/mol. The van der Waals surface area contributed by atoms with Crippen molar-refractivity contribution in [2.75, 3.05) is 5.32 Å². The summed E-state index contributed by atoms with van der Waals surface area (Å²) in [5, 5.41) is 3.64. The Hall–Kier alpha value is -0.610. The average Bonchev–Trinajstić information content (AvgIpc) is 2.41. The summed E-state index contributed by atoms with van der Waals surface area (Å²) in [4.78, 5) is 0.434. The lowest BCUT2D eigenvalue weighted by Crippen LogP contribution is -2.26. The second-order valence-corrected chi connectivity index (χ2v) is 7.00. The summed E-state index contributed by atoms with van der Waals surface area (Å²) >= 11 is 8.55. The van der Waals surface area contributed by atoms with E-state index in [4.69, 9.17) is 18.0 Å². The zero-order valence-corrected chi connectivity index (χ0v) is 14.4. The van der Waals surface area contributed by atoms with E-state index in [0.717, 1.165) is 21.6 Å². The first-order chi connectivity index (χ1) is 9.60. The topological polar surface area (TPSA) is 38.0 Å². The molecule has 0 bridgehead atoms. The number of nitrogens with one attached hydrogen (secondary N) is 1. The van der Waals surface area contributed by atoms with Crippen LogP contribution in [0.3, 0.4) is 0 Å². The Labute approximate surface area is 135 Å². The Morgan fingerprint density at radius 1 is 1.35 bits per heavy atom. The number of benzene rings is 1. The molecule has 0 aromatic heterocycles. The van der Waals surface area contributed by atoms with Gasteiger partial charge in [-0.25, -0.2) is 0 Å². The summed E-state index contributed by atoms with van der Waals surface area (Å²) in [5.74, 6) is 0.946. The van der Waals surface area contributed by atoms with Gasteiger partial charge in [0.05, 0.1) is 0 Å². The SMILES string of the molecule is CCCC1CCC(Nc2ccc(C(N)=S)c(Br)c2)CC1. The highest BCUT2D eigenvalue weighted by molar-refractivity contribution is 9.10. The maximum atomic E-state index is 5.67. The number of nitrogens with two attached hydrogens (primary N) is 1. The highest BCUT2D eigenvalue weighted by Gasteiger charge is 2.20. The maximum absolute atomic E-state index is 5.67. The Morgan fingerprint density at radius 2 is 2.05 bits per heavy atom. The fourth-order valence-electron chi connectivity index (χ4n) is 3.04. The van der Waals surface area contributed by atoms with Crippen LogP contribution in [0.25, 0.3) is 0 Å². The molecule has 20 heavy (non-hydrogen) atoms. The minimum Gasteiger partial charge on any atom is -0.389 e. The minimum atomic E-state index is 0.434. The molecule has 1 fully saturated rings. The standard InChI is InChI=1S/C16H23BrN2S/c1-2-3-11-4-6-12(7-5-11)19-13-8-9-14(16(18)20)15(17)10-13/h8-12,19H,2-7H2,1H3,(H2,18,20). The van der Waals surface area contributed by atoms with E-state index in [9.17, 15) is 0 Å². The summed E-state index contributed by atoms with van der Waals surface area (Å²) in [5.41, 5.74) is 7.72. The molecule has 1 aliphatic carbocycles. The molecular weight excluding hydrogens is 332 g/mol. The van der Waals surface area contributed by atoms with E-state index >= 15 is 0 Å². The first-order valence-electron chi connectivity index (χ1n) is 7.46. The molecule has 2 rings (SSSR count). The predicted molar refractivity (Wildman–Crippen MR) is 94.3 cm³/mol. The van der Waals surface area contributed by atoms with Crippen molar-refractivity contribution in [3.8, 4) is 0 Å². The maximum Gasteiger partial charge on any atom is 0.105 e. The van der Waals surface area contributed by atoms with Crippen LogP contribution in [0.5, 0.6) is 0 Å². The van der Waals surface area contributed by atoms with E-state index in [1.165, 1.54) is 38.5 Å². The molecule has 4 heteroatoms. The summed E-state index contributed by atoms with van der Waals surface area (Å²) in [7, 11) is 0. The lowest BCUT2D eigenvalue weighted by atomic mass is 9.83. The van der Waals surface area contributed by atoms with E-state index < -0.39 is 0 Å². The van der Waals surface area contributed by atoms with Gasteiger partial charge >= 0.3 is 0 Å². The number of hydrogen-bond acceptors (Lipinski definition) is 2. The van der Waals surface area contributed by atoms with Gasteiger partial charge in [-0.05, 0) is 65.7 Å². The van der Waals surface area contributed by atoms with Crippen molar-refractivity contribution >= 4 is 38.8 Å². The fraction of sp³-hybridized carbons (Fsp3) is 0.562. The third-order valence-electron chi connectivity index (χ3n) is 4.15. The third-order valence-corrected chi connectivity index (χ3v) is 5.03. The van der Waals surface area contributed by atoms with Gasteiger partial charge in [0.2, 0.25) is 0 Å². The van der Waals surface area contributed by atoms with Crippen LogP contribution in [0.4, 0.5) is 5.69 Å².